The Bertz CT molecular complexity index is 1180. The van der Waals surface area contributed by atoms with Gasteiger partial charge in [0.25, 0.3) is 0 Å². The zero-order chi connectivity index (χ0) is 20.5. The van der Waals surface area contributed by atoms with Crippen LogP contribution in [-0.2, 0) is 4.74 Å². The smallest absolute Gasteiger partial charge is 0.349 e. The molecule has 29 heavy (non-hydrogen) atoms. The highest BCUT2D eigenvalue weighted by Gasteiger charge is 2.29. The van der Waals surface area contributed by atoms with Gasteiger partial charge in [-0.15, -0.1) is 0 Å². The number of aromatic nitrogens is 3. The quantitative estimate of drug-likeness (QED) is 0.517. The highest BCUT2D eigenvalue weighted by molar-refractivity contribution is 6.30. The van der Waals surface area contributed by atoms with Crippen molar-refractivity contribution in [1.29, 1.82) is 0 Å². The van der Waals surface area contributed by atoms with E-state index in [0.717, 1.165) is 12.8 Å². The fraction of sp³-hybridized carbons (Fsp3) is 0.400. The molecule has 0 unspecified atom stereocenters. The van der Waals surface area contributed by atoms with Crippen molar-refractivity contribution in [3.63, 3.8) is 0 Å². The van der Waals surface area contributed by atoms with Crippen molar-refractivity contribution in [3.8, 4) is 0 Å². The zero-order valence-corrected chi connectivity index (χ0v) is 17.0. The fourth-order valence-electron chi connectivity index (χ4n) is 3.86. The van der Waals surface area contributed by atoms with E-state index in [0.29, 0.717) is 51.6 Å². The molecule has 4 rings (SSSR count). The summed E-state index contributed by atoms with van der Waals surface area (Å²) in [6.07, 6.45) is 5.29. The van der Waals surface area contributed by atoms with Crippen LogP contribution in [0.15, 0.2) is 32.5 Å². The number of halogens is 1. The van der Waals surface area contributed by atoms with Gasteiger partial charge in [-0.3, -0.25) is 9.56 Å². The number of rotatable bonds is 4. The second-order valence-corrected chi connectivity index (χ2v) is 7.35. The first-order valence-electron chi connectivity index (χ1n) is 9.54. The molecule has 0 radical (unpaired) electrons. The first-order valence-corrected chi connectivity index (χ1v) is 9.92. The van der Waals surface area contributed by atoms with Gasteiger partial charge in [-0.25, -0.2) is 9.78 Å². The molecular formula is C20H22ClN5O3. The third-order valence-electron chi connectivity index (χ3n) is 5.23. The van der Waals surface area contributed by atoms with E-state index in [1.165, 1.54) is 6.20 Å². The van der Waals surface area contributed by atoms with Gasteiger partial charge < -0.3 is 14.9 Å². The van der Waals surface area contributed by atoms with Crippen molar-refractivity contribution in [2.45, 2.75) is 38.3 Å². The number of ether oxygens (including phenoxy) is 1. The molecule has 1 saturated heterocycles. The molecule has 0 amide bonds. The van der Waals surface area contributed by atoms with Crippen LogP contribution in [0.25, 0.3) is 27.8 Å². The van der Waals surface area contributed by atoms with Crippen molar-refractivity contribution in [2.75, 3.05) is 13.7 Å². The second kappa shape index (κ2) is 7.96. The van der Waals surface area contributed by atoms with Gasteiger partial charge in [-0.1, -0.05) is 18.5 Å². The number of nitrogens with two attached hydrogens (primary N) is 1. The summed E-state index contributed by atoms with van der Waals surface area (Å²) in [5.74, 6) is 0. The molecule has 0 spiro atoms. The molecule has 1 fully saturated rings. The average molecular weight is 416 g/mol. The number of allylic oxidation sites excluding steroid dienone is 1. The topological polar surface area (TPSA) is 109 Å². The van der Waals surface area contributed by atoms with E-state index < -0.39 is 0 Å². The van der Waals surface area contributed by atoms with Crippen molar-refractivity contribution in [1.82, 2.24) is 14.5 Å². The monoisotopic (exact) mass is 415 g/mol. The summed E-state index contributed by atoms with van der Waals surface area (Å²) in [6, 6.07) is 3.32. The number of hydrogen-bond acceptors (Lipinski definition) is 7. The van der Waals surface area contributed by atoms with Crippen LogP contribution >= 0.6 is 11.6 Å². The Balaban J connectivity index is 2.06. The normalized spacial score (nSPS) is 20.9. The molecule has 1 aliphatic heterocycles. The molecule has 4 heterocycles. The lowest BCUT2D eigenvalue weighted by atomic mass is 10.0. The van der Waals surface area contributed by atoms with Gasteiger partial charge in [-0.05, 0) is 31.4 Å². The van der Waals surface area contributed by atoms with Crippen molar-refractivity contribution < 1.29 is 9.15 Å². The molecule has 0 aromatic carbocycles. The summed E-state index contributed by atoms with van der Waals surface area (Å²) < 4.78 is 13.5. The van der Waals surface area contributed by atoms with Crippen LogP contribution in [0.5, 0.6) is 0 Å². The largest absolute Gasteiger partial charge is 0.450 e. The Morgan fingerprint density at radius 2 is 2.28 bits per heavy atom. The lowest BCUT2D eigenvalue weighted by Crippen LogP contribution is -2.34. The molecule has 0 aliphatic carbocycles. The van der Waals surface area contributed by atoms with Gasteiger partial charge in [-0.2, -0.15) is 4.98 Å². The van der Waals surface area contributed by atoms with Crippen molar-refractivity contribution in [3.05, 3.63) is 39.7 Å². The highest BCUT2D eigenvalue weighted by atomic mass is 35.5. The molecule has 3 aromatic rings. The number of fused-ring (bicyclic) bond motifs is 3. The Kier molecular flexibility index (Phi) is 5.38. The molecule has 0 saturated carbocycles. The molecule has 2 N–H and O–H groups in total. The van der Waals surface area contributed by atoms with E-state index in [1.54, 1.807) is 30.0 Å². The summed E-state index contributed by atoms with van der Waals surface area (Å²) in [5.41, 5.74) is 8.27. The van der Waals surface area contributed by atoms with Crippen LogP contribution in [0.1, 0.15) is 37.9 Å². The first kappa shape index (κ1) is 19.6. The Hall–Kier alpha value is -2.71. The van der Waals surface area contributed by atoms with E-state index in [2.05, 4.69) is 21.9 Å². The number of hydrogen-bond donors (Lipinski definition) is 1. The van der Waals surface area contributed by atoms with Crippen molar-refractivity contribution >= 4 is 45.6 Å². The van der Waals surface area contributed by atoms with Crippen LogP contribution in [0.3, 0.4) is 0 Å². The average Bonchev–Trinajstić information content (AvgIpc) is 3.10. The third-order valence-corrected chi connectivity index (χ3v) is 5.44. The molecule has 2 atom stereocenters. The number of furan rings is 1. The number of nitrogens with zero attached hydrogens (tertiary/aromatic N) is 4. The first-order chi connectivity index (χ1) is 14.1. The third kappa shape index (κ3) is 3.42. The maximum absolute atomic E-state index is 13.2. The zero-order valence-electron chi connectivity index (χ0n) is 16.3. The summed E-state index contributed by atoms with van der Waals surface area (Å²) in [5, 5.41) is 0.320. The van der Waals surface area contributed by atoms with Gasteiger partial charge in [0.1, 0.15) is 21.9 Å². The van der Waals surface area contributed by atoms with E-state index >= 15 is 0 Å². The Morgan fingerprint density at radius 3 is 3.00 bits per heavy atom. The Labute approximate surface area is 172 Å². The van der Waals surface area contributed by atoms with Gasteiger partial charge in [0.15, 0.2) is 11.2 Å². The molecular weight excluding hydrogens is 394 g/mol. The molecule has 1 aliphatic rings. The standard InChI is InChI=1S/C20H22ClN5O3/c1-3-13-8-12(6-7-28-13)26-18-17-14(4-5-15(21)24-17)29-19(18)16(25-20(26)27)11(9-22)10-23-2/h4-5,9-10,12-13H,3,6-8,22H2,1-2H3/t12-,13-/m0/s1. The predicted octanol–water partition coefficient (Wildman–Crippen LogP) is 3.32. The van der Waals surface area contributed by atoms with Crippen LogP contribution in [0.2, 0.25) is 5.15 Å². The number of pyridine rings is 1. The molecule has 8 nitrogen and oxygen atoms in total. The highest BCUT2D eigenvalue weighted by Crippen LogP contribution is 2.35. The maximum atomic E-state index is 13.2. The van der Waals surface area contributed by atoms with Gasteiger partial charge in [0.05, 0.1) is 6.10 Å². The summed E-state index contributed by atoms with van der Waals surface area (Å²) in [6.45, 7) is 2.66. The van der Waals surface area contributed by atoms with Crippen LogP contribution < -0.4 is 11.4 Å². The van der Waals surface area contributed by atoms with Gasteiger partial charge in [0.2, 0.25) is 0 Å². The molecule has 0 bridgehead atoms. The minimum absolute atomic E-state index is 0.0722. The van der Waals surface area contributed by atoms with Crippen molar-refractivity contribution in [2.24, 2.45) is 10.7 Å². The lowest BCUT2D eigenvalue weighted by Gasteiger charge is -2.30. The van der Waals surface area contributed by atoms with E-state index in [4.69, 9.17) is 26.5 Å². The SMILES string of the molecule is CC[C@H]1C[C@@H](n2c(=O)nc(C(C=NC)=CN)c3oc4ccc(Cl)nc4c32)CCO1. The van der Waals surface area contributed by atoms with Gasteiger partial charge in [0, 0.05) is 37.7 Å². The van der Waals surface area contributed by atoms with Crippen LogP contribution in [-0.4, -0.2) is 40.5 Å². The van der Waals surface area contributed by atoms with Crippen LogP contribution in [0.4, 0.5) is 0 Å². The molecule has 152 valence electrons. The minimum Gasteiger partial charge on any atom is -0.450 e. The van der Waals surface area contributed by atoms with E-state index in [1.807, 2.05) is 0 Å². The fourth-order valence-corrected chi connectivity index (χ4v) is 4.00. The Morgan fingerprint density at radius 1 is 1.45 bits per heavy atom. The lowest BCUT2D eigenvalue weighted by molar-refractivity contribution is -0.00711. The summed E-state index contributed by atoms with van der Waals surface area (Å²) in [4.78, 5) is 25.9. The summed E-state index contributed by atoms with van der Waals surface area (Å²) in [7, 11) is 1.62. The molecule has 9 heteroatoms. The van der Waals surface area contributed by atoms with E-state index in [9.17, 15) is 4.79 Å². The van der Waals surface area contributed by atoms with Crippen LogP contribution in [0, 0.1) is 0 Å². The number of aliphatic imine (C=N–C) groups is 1. The minimum atomic E-state index is -0.386. The maximum Gasteiger partial charge on any atom is 0.349 e. The van der Waals surface area contributed by atoms with Gasteiger partial charge >= 0.3 is 5.69 Å². The predicted molar refractivity (Wildman–Crippen MR) is 113 cm³/mol. The molecule has 3 aromatic heterocycles. The second-order valence-electron chi connectivity index (χ2n) is 6.96. The van der Waals surface area contributed by atoms with E-state index in [-0.39, 0.29) is 17.8 Å². The summed E-state index contributed by atoms with van der Waals surface area (Å²) >= 11 is 6.15.